The zero-order valence-corrected chi connectivity index (χ0v) is 19.8. The smallest absolute Gasteiger partial charge is 0.243 e. The topological polar surface area (TPSA) is 88.3 Å². The Morgan fingerprint density at radius 2 is 1.81 bits per heavy atom. The van der Waals surface area contributed by atoms with Gasteiger partial charge in [0.15, 0.2) is 11.6 Å². The zero-order valence-electron chi connectivity index (χ0n) is 19.8. The maximum absolute atomic E-state index is 14.1. The quantitative estimate of drug-likeness (QED) is 0.490. The fraction of sp³-hybridized carbons (Fsp3) is 0.296. The molecule has 1 aromatic heterocycles. The van der Waals surface area contributed by atoms with Gasteiger partial charge in [-0.2, -0.15) is 0 Å². The van der Waals surface area contributed by atoms with Crippen molar-refractivity contribution in [2.24, 2.45) is 5.73 Å². The van der Waals surface area contributed by atoms with Gasteiger partial charge in [0.2, 0.25) is 11.8 Å². The molecule has 0 saturated carbocycles. The van der Waals surface area contributed by atoms with Crippen LogP contribution in [0.2, 0.25) is 0 Å². The number of aromatic nitrogens is 1. The summed E-state index contributed by atoms with van der Waals surface area (Å²) in [5, 5.41) is 2.86. The van der Waals surface area contributed by atoms with Crippen LogP contribution in [-0.4, -0.2) is 33.8 Å². The van der Waals surface area contributed by atoms with Gasteiger partial charge in [-0.3, -0.25) is 14.6 Å². The van der Waals surface area contributed by atoms with Crippen LogP contribution in [0, 0.1) is 17.5 Å². The highest BCUT2D eigenvalue weighted by molar-refractivity contribution is 5.89. The Bertz CT molecular complexity index is 1260. The van der Waals surface area contributed by atoms with Crippen molar-refractivity contribution in [1.29, 1.82) is 0 Å². The van der Waals surface area contributed by atoms with E-state index in [1.165, 1.54) is 4.90 Å². The van der Waals surface area contributed by atoms with Crippen LogP contribution >= 0.6 is 0 Å². The number of amides is 2. The van der Waals surface area contributed by atoms with Crippen LogP contribution in [-0.2, 0) is 29.0 Å². The molecule has 0 fully saturated rings. The van der Waals surface area contributed by atoms with Crippen LogP contribution in [0.25, 0.3) is 0 Å². The molecule has 3 aromatic rings. The summed E-state index contributed by atoms with van der Waals surface area (Å²) in [7, 11) is 0. The van der Waals surface area contributed by atoms with Gasteiger partial charge in [-0.25, -0.2) is 13.2 Å². The van der Waals surface area contributed by atoms with E-state index < -0.39 is 35.6 Å². The second kappa shape index (κ2) is 10.9. The van der Waals surface area contributed by atoms with Crippen molar-refractivity contribution in [2.45, 2.75) is 50.9 Å². The molecule has 0 spiro atoms. The minimum Gasteiger partial charge on any atom is -0.349 e. The van der Waals surface area contributed by atoms with Crippen molar-refractivity contribution >= 4 is 11.8 Å². The molecular formula is C27H27F3N4O2. The number of hydrogen-bond acceptors (Lipinski definition) is 4. The number of hydrogen-bond donors (Lipinski definition) is 2. The number of fused-ring (bicyclic) bond motifs is 1. The Kier molecular flexibility index (Phi) is 7.69. The molecule has 3 N–H and O–H groups in total. The van der Waals surface area contributed by atoms with E-state index in [0.29, 0.717) is 18.2 Å². The number of pyridine rings is 1. The highest BCUT2D eigenvalue weighted by Crippen LogP contribution is 2.33. The molecule has 6 nitrogen and oxygen atoms in total. The molecule has 36 heavy (non-hydrogen) atoms. The average molecular weight is 497 g/mol. The van der Waals surface area contributed by atoms with E-state index in [2.05, 4.69) is 10.3 Å². The summed E-state index contributed by atoms with van der Waals surface area (Å²) in [6.07, 6.45) is 1.60. The van der Waals surface area contributed by atoms with E-state index in [9.17, 15) is 22.8 Å². The number of carbonyl (C=O) groups is 2. The minimum absolute atomic E-state index is 0.115. The zero-order chi connectivity index (χ0) is 25.8. The third kappa shape index (κ3) is 5.57. The molecule has 0 saturated heterocycles. The Morgan fingerprint density at radius 3 is 2.56 bits per heavy atom. The molecule has 2 amide bonds. The predicted molar refractivity (Wildman–Crippen MR) is 128 cm³/mol. The summed E-state index contributed by atoms with van der Waals surface area (Å²) < 4.78 is 40.9. The second-order valence-electron chi connectivity index (χ2n) is 8.96. The molecule has 0 aliphatic carbocycles. The van der Waals surface area contributed by atoms with Gasteiger partial charge < -0.3 is 16.0 Å². The first kappa shape index (κ1) is 25.4. The first-order valence-electron chi connectivity index (χ1n) is 11.7. The number of halogens is 3. The summed E-state index contributed by atoms with van der Waals surface area (Å²) in [4.78, 5) is 32.4. The molecule has 188 valence electrons. The van der Waals surface area contributed by atoms with Gasteiger partial charge in [-0.15, -0.1) is 0 Å². The lowest BCUT2D eigenvalue weighted by molar-refractivity contribution is -0.144. The normalized spacial score (nSPS) is 17.9. The molecule has 2 unspecified atom stereocenters. The van der Waals surface area contributed by atoms with Crippen LogP contribution < -0.4 is 11.1 Å². The molecule has 2 aromatic carbocycles. The summed E-state index contributed by atoms with van der Waals surface area (Å²) in [5.41, 5.74) is 8.60. The van der Waals surface area contributed by atoms with Gasteiger partial charge in [0.05, 0.1) is 18.3 Å². The lowest BCUT2D eigenvalue weighted by Crippen LogP contribution is -2.54. The molecule has 3 atom stereocenters. The summed E-state index contributed by atoms with van der Waals surface area (Å²) in [6.45, 7) is 2.05. The SMILES string of the molecule is CC1c2ccccc2C[C@@H](C(=O)NCc2ccccn2)N1C(=O)CC(N)Cc1cc(F)c(F)cc1F. The Hall–Kier alpha value is -3.72. The maximum atomic E-state index is 14.1. The molecule has 1 aliphatic rings. The molecule has 1 aliphatic heterocycles. The summed E-state index contributed by atoms with van der Waals surface area (Å²) >= 11 is 0. The van der Waals surface area contributed by atoms with Crippen molar-refractivity contribution in [1.82, 2.24) is 15.2 Å². The maximum Gasteiger partial charge on any atom is 0.243 e. The molecule has 4 rings (SSSR count). The van der Waals surface area contributed by atoms with Crippen molar-refractivity contribution < 1.29 is 22.8 Å². The number of nitrogens with two attached hydrogens (primary N) is 1. The highest BCUT2D eigenvalue weighted by atomic mass is 19.2. The molecule has 0 radical (unpaired) electrons. The van der Waals surface area contributed by atoms with Gasteiger partial charge in [-0.1, -0.05) is 30.3 Å². The van der Waals surface area contributed by atoms with Gasteiger partial charge in [0.1, 0.15) is 11.9 Å². The third-order valence-corrected chi connectivity index (χ3v) is 6.44. The van der Waals surface area contributed by atoms with Crippen LogP contribution in [0.15, 0.2) is 60.8 Å². The van der Waals surface area contributed by atoms with E-state index in [0.717, 1.165) is 17.2 Å². The highest BCUT2D eigenvalue weighted by Gasteiger charge is 2.39. The van der Waals surface area contributed by atoms with Crippen molar-refractivity contribution in [3.63, 3.8) is 0 Å². The van der Waals surface area contributed by atoms with Gasteiger partial charge in [0, 0.05) is 31.1 Å². The number of nitrogens with zero attached hydrogens (tertiary/aromatic N) is 2. The van der Waals surface area contributed by atoms with Gasteiger partial charge in [-0.05, 0) is 48.2 Å². The second-order valence-corrected chi connectivity index (χ2v) is 8.96. The van der Waals surface area contributed by atoms with Crippen LogP contribution in [0.3, 0.4) is 0 Å². The van der Waals surface area contributed by atoms with Crippen molar-refractivity contribution in [3.05, 3.63) is 101 Å². The van der Waals surface area contributed by atoms with E-state index in [-0.39, 0.29) is 36.8 Å². The number of nitrogens with one attached hydrogen (secondary N) is 1. The summed E-state index contributed by atoms with van der Waals surface area (Å²) in [5.74, 6) is -4.11. The monoisotopic (exact) mass is 496 g/mol. The standard InChI is InChI=1S/C27H27F3N4O2/c1-16-21-8-3-2-6-17(21)12-25(27(36)33-15-20-7-4-5-9-32-20)34(16)26(35)13-19(31)10-18-11-23(29)24(30)14-22(18)28/h2-9,11,14,16,19,25H,10,12-13,15,31H2,1H3,(H,33,36)/t16?,19?,25-/m0/s1. The summed E-state index contributed by atoms with van der Waals surface area (Å²) in [6, 6.07) is 12.2. The van der Waals surface area contributed by atoms with Crippen LogP contribution in [0.5, 0.6) is 0 Å². The first-order valence-corrected chi connectivity index (χ1v) is 11.7. The van der Waals surface area contributed by atoms with Gasteiger partial charge in [0.25, 0.3) is 0 Å². The van der Waals surface area contributed by atoms with E-state index >= 15 is 0 Å². The fourth-order valence-electron chi connectivity index (χ4n) is 4.67. The van der Waals surface area contributed by atoms with Crippen molar-refractivity contribution in [3.8, 4) is 0 Å². The largest absolute Gasteiger partial charge is 0.349 e. The first-order chi connectivity index (χ1) is 17.2. The molecule has 2 heterocycles. The molecule has 9 heteroatoms. The van der Waals surface area contributed by atoms with Crippen LogP contribution in [0.4, 0.5) is 13.2 Å². The Balaban J connectivity index is 1.52. The van der Waals surface area contributed by atoms with E-state index in [1.54, 1.807) is 18.3 Å². The third-order valence-electron chi connectivity index (χ3n) is 6.44. The van der Waals surface area contributed by atoms with Crippen LogP contribution in [0.1, 0.15) is 41.8 Å². The Labute approximate surface area is 207 Å². The lowest BCUT2D eigenvalue weighted by Gasteiger charge is -2.41. The lowest BCUT2D eigenvalue weighted by atomic mass is 9.87. The van der Waals surface area contributed by atoms with E-state index in [4.69, 9.17) is 5.73 Å². The average Bonchev–Trinajstić information content (AvgIpc) is 2.86. The molecule has 0 bridgehead atoms. The minimum atomic E-state index is -1.29. The number of rotatable bonds is 7. The predicted octanol–water partition coefficient (Wildman–Crippen LogP) is 3.59. The number of benzene rings is 2. The van der Waals surface area contributed by atoms with Gasteiger partial charge >= 0.3 is 0 Å². The molecular weight excluding hydrogens is 469 g/mol. The fourth-order valence-corrected chi connectivity index (χ4v) is 4.67. The Morgan fingerprint density at radius 1 is 1.08 bits per heavy atom. The van der Waals surface area contributed by atoms with Crippen molar-refractivity contribution in [2.75, 3.05) is 0 Å². The number of carbonyl (C=O) groups excluding carboxylic acids is 2. The van der Waals surface area contributed by atoms with E-state index in [1.807, 2.05) is 37.3 Å².